The number of methoxy groups -OCH3 is 1. The van der Waals surface area contributed by atoms with Gasteiger partial charge in [-0.3, -0.25) is 14.5 Å². The molecule has 1 fully saturated rings. The van der Waals surface area contributed by atoms with E-state index in [4.69, 9.17) is 23.7 Å². The molecule has 2 aliphatic heterocycles. The van der Waals surface area contributed by atoms with E-state index in [9.17, 15) is 14.7 Å². The van der Waals surface area contributed by atoms with Gasteiger partial charge >= 0.3 is 5.97 Å². The summed E-state index contributed by atoms with van der Waals surface area (Å²) in [5.41, 5.74) is 4.60. The number of fused-ring (bicyclic) bond motifs is 1. The third-order valence-electron chi connectivity index (χ3n) is 8.45. The molecule has 10 heteroatoms. The number of hydrogen-bond donors (Lipinski definition) is 2. The minimum Gasteiger partial charge on any atom is -0.486 e. The van der Waals surface area contributed by atoms with E-state index in [2.05, 4.69) is 19.2 Å². The molecule has 45 heavy (non-hydrogen) atoms. The Morgan fingerprint density at radius 2 is 1.62 bits per heavy atom. The number of amides is 1. The van der Waals surface area contributed by atoms with E-state index in [1.54, 1.807) is 19.2 Å². The number of anilines is 1. The van der Waals surface area contributed by atoms with Crippen molar-refractivity contribution in [3.8, 4) is 17.2 Å². The molecule has 0 radical (unpaired) electrons. The number of para-hydroxylation sites is 1. The van der Waals surface area contributed by atoms with Crippen LogP contribution in [0.25, 0.3) is 0 Å². The number of likely N-dealkylation sites (tertiary alicyclic amines) is 1. The van der Waals surface area contributed by atoms with Crippen LogP contribution in [0.2, 0.25) is 0 Å². The number of nitrogens with zero attached hydrogens (tertiary/aromatic N) is 1. The van der Waals surface area contributed by atoms with Crippen LogP contribution in [0.1, 0.15) is 48.1 Å². The number of benzene rings is 3. The number of carbonyl (C=O) groups is 2. The van der Waals surface area contributed by atoms with Crippen LogP contribution in [-0.4, -0.2) is 75.3 Å². The molecule has 1 unspecified atom stereocenters. The zero-order chi connectivity index (χ0) is 31.8. The summed E-state index contributed by atoms with van der Waals surface area (Å²) in [6, 6.07) is 18.4. The van der Waals surface area contributed by atoms with Gasteiger partial charge in [-0.15, -0.1) is 0 Å². The van der Waals surface area contributed by atoms with Crippen molar-refractivity contribution in [1.29, 1.82) is 0 Å². The molecule has 0 bridgehead atoms. The minimum absolute atomic E-state index is 0.0301. The van der Waals surface area contributed by atoms with Crippen LogP contribution in [0.3, 0.4) is 0 Å². The quantitative estimate of drug-likeness (QED) is 0.189. The van der Waals surface area contributed by atoms with Crippen LogP contribution in [-0.2, 0) is 31.9 Å². The first-order valence-corrected chi connectivity index (χ1v) is 15.5. The van der Waals surface area contributed by atoms with E-state index < -0.39 is 23.8 Å². The molecule has 3 atom stereocenters. The third-order valence-corrected chi connectivity index (χ3v) is 8.45. The number of aliphatic carboxylic acids is 1. The lowest BCUT2D eigenvalue weighted by atomic mass is 9.82. The number of carboxylic acid groups (broad SMARTS) is 1. The molecule has 0 spiro atoms. The van der Waals surface area contributed by atoms with Gasteiger partial charge in [-0.2, -0.15) is 0 Å². The molecule has 0 aliphatic carbocycles. The molecule has 0 saturated carbocycles. The standard InChI is InChI=1S/C35H42N2O8/c1-4-23-7-6-8-24(5-2)33(23)36-31(38)21-37-20-28(26-11-14-29-30(19-26)44-18-17-43-29)32(35(39)40)34(37)25-9-12-27(13-10-25)45-22-42-16-15-41-3/h6-14,19,28,32,34H,4-5,15-18,20-22H2,1-3H3,(H,36,38)(H,39,40)/t28-,32?,34+/m1/s1. The summed E-state index contributed by atoms with van der Waals surface area (Å²) < 4.78 is 27.6. The fraction of sp³-hybridized carbons (Fsp3) is 0.429. The van der Waals surface area contributed by atoms with Gasteiger partial charge in [0.05, 0.1) is 25.7 Å². The number of hydrogen-bond acceptors (Lipinski definition) is 8. The van der Waals surface area contributed by atoms with Crippen molar-refractivity contribution in [2.45, 2.75) is 38.6 Å². The molecule has 10 nitrogen and oxygen atoms in total. The van der Waals surface area contributed by atoms with E-state index in [-0.39, 0.29) is 19.2 Å². The molecule has 3 aromatic rings. The van der Waals surface area contributed by atoms with Crippen molar-refractivity contribution >= 4 is 17.6 Å². The zero-order valence-corrected chi connectivity index (χ0v) is 26.1. The zero-order valence-electron chi connectivity index (χ0n) is 26.1. The van der Waals surface area contributed by atoms with Gasteiger partial charge in [-0.25, -0.2) is 0 Å². The van der Waals surface area contributed by atoms with Crippen LogP contribution in [0.4, 0.5) is 5.69 Å². The summed E-state index contributed by atoms with van der Waals surface area (Å²) in [6.45, 7) is 6.39. The highest BCUT2D eigenvalue weighted by Crippen LogP contribution is 2.47. The van der Waals surface area contributed by atoms with Crippen LogP contribution < -0.4 is 19.5 Å². The van der Waals surface area contributed by atoms with Crippen LogP contribution in [0, 0.1) is 5.92 Å². The smallest absolute Gasteiger partial charge is 0.309 e. The summed E-state index contributed by atoms with van der Waals surface area (Å²) in [6.07, 6.45) is 1.57. The molecular weight excluding hydrogens is 576 g/mol. The first-order chi connectivity index (χ1) is 21.9. The lowest BCUT2D eigenvalue weighted by Crippen LogP contribution is -2.35. The number of nitrogens with one attached hydrogen (secondary N) is 1. The third kappa shape index (κ3) is 7.58. The highest BCUT2D eigenvalue weighted by atomic mass is 16.7. The predicted octanol–water partition coefficient (Wildman–Crippen LogP) is 5.06. The number of ether oxygens (including phenoxy) is 5. The average Bonchev–Trinajstić information content (AvgIpc) is 3.44. The summed E-state index contributed by atoms with van der Waals surface area (Å²) in [5, 5.41) is 13.8. The Morgan fingerprint density at radius 1 is 0.933 bits per heavy atom. The second-order valence-electron chi connectivity index (χ2n) is 11.2. The highest BCUT2D eigenvalue weighted by molar-refractivity contribution is 5.94. The maximum absolute atomic E-state index is 13.7. The van der Waals surface area contributed by atoms with Crippen molar-refractivity contribution in [2.24, 2.45) is 5.92 Å². The molecule has 1 saturated heterocycles. The predicted molar refractivity (Wildman–Crippen MR) is 169 cm³/mol. The van der Waals surface area contributed by atoms with Gasteiger partial charge in [-0.05, 0) is 59.4 Å². The molecule has 5 rings (SSSR count). The maximum Gasteiger partial charge on any atom is 0.309 e. The first-order valence-electron chi connectivity index (χ1n) is 15.5. The Balaban J connectivity index is 1.43. The van der Waals surface area contributed by atoms with Gasteiger partial charge in [0, 0.05) is 31.3 Å². The summed E-state index contributed by atoms with van der Waals surface area (Å²) in [5.74, 6) is -0.486. The molecule has 2 N–H and O–H groups in total. The second kappa shape index (κ2) is 15.2. The Labute approximate surface area is 264 Å². The molecule has 3 aromatic carbocycles. The van der Waals surface area contributed by atoms with Gasteiger partial charge in [0.1, 0.15) is 19.0 Å². The Morgan fingerprint density at radius 3 is 2.29 bits per heavy atom. The lowest BCUT2D eigenvalue weighted by Gasteiger charge is -2.27. The second-order valence-corrected chi connectivity index (χ2v) is 11.2. The Bertz CT molecular complexity index is 1440. The summed E-state index contributed by atoms with van der Waals surface area (Å²) in [4.78, 5) is 28.6. The van der Waals surface area contributed by atoms with Gasteiger partial charge in [0.15, 0.2) is 18.3 Å². The fourth-order valence-electron chi connectivity index (χ4n) is 6.26. The molecule has 1 amide bonds. The van der Waals surface area contributed by atoms with Crippen LogP contribution in [0.5, 0.6) is 17.2 Å². The molecule has 2 aliphatic rings. The Hall–Kier alpha value is -4.12. The van der Waals surface area contributed by atoms with Crippen LogP contribution in [0.15, 0.2) is 60.7 Å². The van der Waals surface area contributed by atoms with Gasteiger partial charge in [-0.1, -0.05) is 50.2 Å². The Kier molecular flexibility index (Phi) is 10.9. The average molecular weight is 619 g/mol. The molecular formula is C35H42N2O8. The first kappa shape index (κ1) is 32.3. The number of aryl methyl sites for hydroxylation is 2. The molecule has 0 aromatic heterocycles. The SMILES string of the molecule is CCc1cccc(CC)c1NC(=O)CN1C[C@H](c2ccc3c(c2)OCCO3)C(C(=O)O)[C@@H]1c1ccc(OCOCCOC)cc1. The van der Waals surface area contributed by atoms with Crippen molar-refractivity contribution in [2.75, 3.05) is 58.7 Å². The highest BCUT2D eigenvalue weighted by Gasteiger charge is 2.48. The van der Waals surface area contributed by atoms with E-state index in [1.165, 1.54) is 0 Å². The van der Waals surface area contributed by atoms with Crippen molar-refractivity contribution in [3.63, 3.8) is 0 Å². The maximum atomic E-state index is 13.7. The topological polar surface area (TPSA) is 116 Å². The number of rotatable bonds is 14. The van der Waals surface area contributed by atoms with Gasteiger partial charge in [0.2, 0.25) is 5.91 Å². The lowest BCUT2D eigenvalue weighted by molar-refractivity contribution is -0.143. The fourth-order valence-corrected chi connectivity index (χ4v) is 6.26. The number of carbonyl (C=O) groups excluding carboxylic acids is 1. The van der Waals surface area contributed by atoms with E-state index in [0.717, 1.165) is 40.8 Å². The number of carboxylic acids is 1. The monoisotopic (exact) mass is 618 g/mol. The van der Waals surface area contributed by atoms with Crippen molar-refractivity contribution in [1.82, 2.24) is 4.90 Å². The van der Waals surface area contributed by atoms with E-state index in [1.807, 2.05) is 53.4 Å². The molecule has 240 valence electrons. The van der Waals surface area contributed by atoms with E-state index >= 15 is 0 Å². The normalized spacial score (nSPS) is 19.3. The van der Waals surface area contributed by atoms with Crippen LogP contribution >= 0.6 is 0 Å². The van der Waals surface area contributed by atoms with Crippen molar-refractivity contribution < 1.29 is 38.4 Å². The minimum atomic E-state index is -0.931. The summed E-state index contributed by atoms with van der Waals surface area (Å²) in [7, 11) is 1.61. The summed E-state index contributed by atoms with van der Waals surface area (Å²) >= 11 is 0. The largest absolute Gasteiger partial charge is 0.486 e. The van der Waals surface area contributed by atoms with Gasteiger partial charge in [0.25, 0.3) is 0 Å². The van der Waals surface area contributed by atoms with E-state index in [0.29, 0.717) is 50.2 Å². The van der Waals surface area contributed by atoms with Gasteiger partial charge < -0.3 is 34.1 Å². The van der Waals surface area contributed by atoms with Crippen molar-refractivity contribution in [3.05, 3.63) is 82.9 Å². The molecule has 2 heterocycles.